The number of carbonyl (C=O) groups excluding carboxylic acids is 1. The molecule has 1 saturated carbocycles. The van der Waals surface area contributed by atoms with Crippen LogP contribution in [0.3, 0.4) is 0 Å². The van der Waals surface area contributed by atoms with Gasteiger partial charge in [-0.25, -0.2) is 9.50 Å². The first kappa shape index (κ1) is 24.7. The number of rotatable bonds is 9. The summed E-state index contributed by atoms with van der Waals surface area (Å²) in [4.78, 5) is 17.0. The number of aliphatic hydroxyl groups is 1. The van der Waals surface area contributed by atoms with Gasteiger partial charge in [-0.05, 0) is 45.1 Å². The van der Waals surface area contributed by atoms with Crippen LogP contribution in [-0.4, -0.2) is 80.5 Å². The molecule has 1 saturated heterocycles. The molecular formula is C25H35N7O4. The number of fused-ring (bicyclic) bond motifs is 1. The zero-order valence-electron chi connectivity index (χ0n) is 20.9. The first-order valence-electron chi connectivity index (χ1n) is 12.7. The molecule has 3 aromatic rings. The van der Waals surface area contributed by atoms with Gasteiger partial charge in [-0.1, -0.05) is 0 Å². The van der Waals surface area contributed by atoms with Crippen LogP contribution in [-0.2, 0) is 20.8 Å². The third-order valence-corrected chi connectivity index (χ3v) is 7.00. The molecule has 11 heteroatoms. The fraction of sp³-hybridized carbons (Fsp3) is 0.600. The molecule has 4 heterocycles. The van der Waals surface area contributed by atoms with E-state index in [0.29, 0.717) is 31.7 Å². The highest BCUT2D eigenvalue weighted by Crippen LogP contribution is 2.37. The molecule has 3 N–H and O–H groups in total. The average Bonchev–Trinajstić information content (AvgIpc) is 3.60. The Balaban J connectivity index is 1.42. The van der Waals surface area contributed by atoms with Gasteiger partial charge in [0, 0.05) is 48.7 Å². The van der Waals surface area contributed by atoms with Crippen LogP contribution in [0.15, 0.2) is 24.7 Å². The largest absolute Gasteiger partial charge is 0.393 e. The van der Waals surface area contributed by atoms with Crippen molar-refractivity contribution in [1.29, 1.82) is 0 Å². The maximum absolute atomic E-state index is 12.4. The van der Waals surface area contributed by atoms with Crippen LogP contribution < -0.4 is 10.6 Å². The van der Waals surface area contributed by atoms with E-state index in [-0.39, 0.29) is 30.6 Å². The van der Waals surface area contributed by atoms with E-state index in [4.69, 9.17) is 14.6 Å². The van der Waals surface area contributed by atoms with Gasteiger partial charge in [0.05, 0.1) is 43.3 Å². The van der Waals surface area contributed by atoms with Gasteiger partial charge >= 0.3 is 0 Å². The Morgan fingerprint density at radius 2 is 2.11 bits per heavy atom. The van der Waals surface area contributed by atoms with Crippen LogP contribution in [0.1, 0.15) is 50.6 Å². The Morgan fingerprint density at radius 3 is 2.86 bits per heavy atom. The van der Waals surface area contributed by atoms with Crippen molar-refractivity contribution in [2.24, 2.45) is 0 Å². The monoisotopic (exact) mass is 497 g/mol. The minimum atomic E-state index is -0.228. The molecule has 2 fully saturated rings. The smallest absolute Gasteiger partial charge is 0.242 e. The van der Waals surface area contributed by atoms with E-state index >= 15 is 0 Å². The van der Waals surface area contributed by atoms with Crippen molar-refractivity contribution in [1.82, 2.24) is 29.7 Å². The predicted molar refractivity (Wildman–Crippen MR) is 134 cm³/mol. The van der Waals surface area contributed by atoms with Crippen molar-refractivity contribution >= 4 is 17.4 Å². The van der Waals surface area contributed by atoms with Gasteiger partial charge in [0.25, 0.3) is 0 Å². The number of nitrogens with one attached hydrogen (secondary N) is 2. The van der Waals surface area contributed by atoms with Crippen molar-refractivity contribution in [3.05, 3.63) is 30.4 Å². The molecule has 11 nitrogen and oxygen atoms in total. The predicted octanol–water partition coefficient (Wildman–Crippen LogP) is 1.96. The quantitative estimate of drug-likeness (QED) is 0.409. The van der Waals surface area contributed by atoms with E-state index in [1.807, 2.05) is 23.8 Å². The standard InChI is InChI=1S/C25H35N7O4/c1-16(14-35-2)28-25-26-11-23-21(9-22(32(23)30-25)17-3-5-20(33)6-4-17)18-10-27-31(12-18)13-24(34)29-19-7-8-36-15-19/h9-12,16-17,19-20,33H,3-8,13-15H2,1-2H3,(H,28,30)(H,29,34)/t16-,17-,19+,20-/m0/s1. The van der Waals surface area contributed by atoms with E-state index in [2.05, 4.69) is 26.8 Å². The van der Waals surface area contributed by atoms with E-state index < -0.39 is 0 Å². The average molecular weight is 498 g/mol. The molecule has 1 aliphatic carbocycles. The number of anilines is 1. The number of carbonyl (C=O) groups is 1. The van der Waals surface area contributed by atoms with E-state index in [1.165, 1.54) is 0 Å². The van der Waals surface area contributed by atoms with Gasteiger partial charge in [-0.15, -0.1) is 5.10 Å². The second kappa shape index (κ2) is 10.9. The molecule has 1 amide bonds. The first-order chi connectivity index (χ1) is 17.5. The van der Waals surface area contributed by atoms with Crippen molar-refractivity contribution in [3.63, 3.8) is 0 Å². The number of aromatic nitrogens is 5. The maximum atomic E-state index is 12.4. The third kappa shape index (κ3) is 5.53. The molecule has 0 aromatic carbocycles. The number of ether oxygens (including phenoxy) is 2. The van der Waals surface area contributed by atoms with Gasteiger partial charge in [-0.3, -0.25) is 9.48 Å². The zero-order chi connectivity index (χ0) is 25.1. The summed E-state index contributed by atoms with van der Waals surface area (Å²) >= 11 is 0. The summed E-state index contributed by atoms with van der Waals surface area (Å²) in [5, 5.41) is 25.6. The summed E-state index contributed by atoms with van der Waals surface area (Å²) in [6.07, 6.45) is 9.50. The Kier molecular flexibility index (Phi) is 7.49. The lowest BCUT2D eigenvalue weighted by Gasteiger charge is -2.25. The summed E-state index contributed by atoms with van der Waals surface area (Å²) < 4.78 is 14.2. The molecule has 2 aliphatic rings. The second-order valence-corrected chi connectivity index (χ2v) is 9.92. The SMILES string of the molecule is COC[C@H](C)Nc1ncc2c(-c3cnn(CC(=O)N[C@@H]4CCOC4)c3)cc([C@H]3CC[C@H](O)CC3)n2n1. The molecule has 36 heavy (non-hydrogen) atoms. The molecule has 0 bridgehead atoms. The molecule has 0 radical (unpaired) electrons. The van der Waals surface area contributed by atoms with Crippen LogP contribution in [0.25, 0.3) is 16.6 Å². The Labute approximate surface area is 210 Å². The normalized spacial score (nSPS) is 23.1. The fourth-order valence-corrected chi connectivity index (χ4v) is 5.14. The Bertz CT molecular complexity index is 1180. The van der Waals surface area contributed by atoms with Crippen molar-refractivity contribution < 1.29 is 19.4 Å². The van der Waals surface area contributed by atoms with E-state index in [9.17, 15) is 9.90 Å². The zero-order valence-corrected chi connectivity index (χ0v) is 20.9. The highest BCUT2D eigenvalue weighted by Gasteiger charge is 2.26. The highest BCUT2D eigenvalue weighted by molar-refractivity contribution is 5.81. The maximum Gasteiger partial charge on any atom is 0.242 e. The molecule has 3 aromatic heterocycles. The van der Waals surface area contributed by atoms with Gasteiger partial charge in [0.1, 0.15) is 6.54 Å². The molecule has 0 spiro atoms. The fourth-order valence-electron chi connectivity index (χ4n) is 5.14. The minimum absolute atomic E-state index is 0.0657. The number of hydrogen-bond donors (Lipinski definition) is 3. The Hall–Kier alpha value is -3.02. The number of nitrogens with zero attached hydrogens (tertiary/aromatic N) is 5. The third-order valence-electron chi connectivity index (χ3n) is 7.00. The van der Waals surface area contributed by atoms with Crippen molar-refractivity contribution in [2.75, 3.05) is 32.2 Å². The molecule has 1 aliphatic heterocycles. The topological polar surface area (TPSA) is 128 Å². The van der Waals surface area contributed by atoms with Gasteiger partial charge < -0.3 is 25.2 Å². The van der Waals surface area contributed by atoms with Crippen molar-refractivity contribution in [3.8, 4) is 11.1 Å². The van der Waals surface area contributed by atoms with Crippen LogP contribution in [0.2, 0.25) is 0 Å². The van der Waals surface area contributed by atoms with Crippen LogP contribution in [0, 0.1) is 0 Å². The van der Waals surface area contributed by atoms with Crippen LogP contribution in [0.5, 0.6) is 0 Å². The molecule has 2 atom stereocenters. The highest BCUT2D eigenvalue weighted by atomic mass is 16.5. The first-order valence-corrected chi connectivity index (χ1v) is 12.7. The number of hydrogen-bond acceptors (Lipinski definition) is 8. The Morgan fingerprint density at radius 1 is 1.28 bits per heavy atom. The number of amides is 1. The summed E-state index contributed by atoms with van der Waals surface area (Å²) in [5.74, 6) is 0.755. The molecular weight excluding hydrogens is 462 g/mol. The summed E-state index contributed by atoms with van der Waals surface area (Å²) in [6.45, 7) is 3.97. The van der Waals surface area contributed by atoms with E-state index in [1.54, 1.807) is 18.0 Å². The van der Waals surface area contributed by atoms with Gasteiger partial charge in [0.2, 0.25) is 11.9 Å². The number of aliphatic hydroxyl groups excluding tert-OH is 1. The van der Waals surface area contributed by atoms with Crippen LogP contribution in [0.4, 0.5) is 5.95 Å². The molecule has 0 unspecified atom stereocenters. The molecule has 194 valence electrons. The second-order valence-electron chi connectivity index (χ2n) is 9.92. The minimum Gasteiger partial charge on any atom is -0.393 e. The van der Waals surface area contributed by atoms with Gasteiger partial charge in [-0.2, -0.15) is 5.10 Å². The lowest BCUT2D eigenvalue weighted by Crippen LogP contribution is -2.37. The lowest BCUT2D eigenvalue weighted by molar-refractivity contribution is -0.122. The van der Waals surface area contributed by atoms with E-state index in [0.717, 1.165) is 54.4 Å². The lowest BCUT2D eigenvalue weighted by atomic mass is 9.85. The van der Waals surface area contributed by atoms with Crippen molar-refractivity contribution in [2.45, 2.75) is 69.7 Å². The summed E-state index contributed by atoms with van der Waals surface area (Å²) in [5.41, 5.74) is 3.86. The summed E-state index contributed by atoms with van der Waals surface area (Å²) in [6, 6.07) is 2.30. The number of methoxy groups -OCH3 is 1. The summed E-state index contributed by atoms with van der Waals surface area (Å²) in [7, 11) is 1.67. The van der Waals surface area contributed by atoms with Crippen LogP contribution >= 0.6 is 0 Å². The van der Waals surface area contributed by atoms with Gasteiger partial charge in [0.15, 0.2) is 0 Å². The molecule has 5 rings (SSSR count).